The molecule has 2 N–H and O–H groups in total. The van der Waals surface area contributed by atoms with Crippen LogP contribution in [0.5, 0.6) is 5.75 Å². The third kappa shape index (κ3) is 1.87. The van der Waals surface area contributed by atoms with Gasteiger partial charge in [0.15, 0.2) is 0 Å². The van der Waals surface area contributed by atoms with Gasteiger partial charge in [0.1, 0.15) is 11.4 Å². The number of nitrogens with two attached hydrogens (primary N) is 1. The summed E-state index contributed by atoms with van der Waals surface area (Å²) in [4.78, 5) is 4.41. The van der Waals surface area contributed by atoms with Crippen molar-refractivity contribution in [2.45, 2.75) is 13.3 Å². The maximum absolute atomic E-state index is 6.01. The summed E-state index contributed by atoms with van der Waals surface area (Å²) in [5, 5.41) is 6.09. The first-order valence-corrected chi connectivity index (χ1v) is 6.26. The Hall–Kier alpha value is -2.30. The third-order valence-electron chi connectivity index (χ3n) is 3.29. The van der Waals surface area contributed by atoms with Crippen LogP contribution in [0, 0.1) is 5.92 Å². The topological polar surface area (TPSA) is 63.2 Å². The third-order valence-corrected chi connectivity index (χ3v) is 3.29. The Morgan fingerprint density at radius 2 is 2.26 bits per heavy atom. The van der Waals surface area contributed by atoms with Crippen molar-refractivity contribution >= 4 is 23.6 Å². The Balaban J connectivity index is 2.20. The van der Waals surface area contributed by atoms with Gasteiger partial charge in [-0.3, -0.25) is 0 Å². The average Bonchev–Trinajstić information content (AvgIpc) is 2.61. The van der Waals surface area contributed by atoms with Gasteiger partial charge in [-0.1, -0.05) is 25.1 Å². The molecule has 0 saturated carbocycles. The Labute approximate surface area is 112 Å². The molecule has 3 rings (SSSR count). The van der Waals surface area contributed by atoms with Gasteiger partial charge in [-0.25, -0.2) is 10.0 Å². The van der Waals surface area contributed by atoms with Crippen molar-refractivity contribution in [3.63, 3.8) is 0 Å². The number of methoxy groups -OCH3 is 1. The van der Waals surface area contributed by atoms with Crippen molar-refractivity contribution in [3.8, 4) is 5.75 Å². The number of hydrogen-bond donors (Lipinski definition) is 1. The fourth-order valence-electron chi connectivity index (χ4n) is 2.27. The highest BCUT2D eigenvalue weighted by Crippen LogP contribution is 2.40. The van der Waals surface area contributed by atoms with E-state index in [4.69, 9.17) is 10.5 Å². The summed E-state index contributed by atoms with van der Waals surface area (Å²) in [6, 6.07) is 5.85. The molecule has 1 aromatic rings. The second kappa shape index (κ2) is 4.42. The van der Waals surface area contributed by atoms with Crippen molar-refractivity contribution in [1.82, 2.24) is 5.01 Å². The van der Waals surface area contributed by atoms with Crippen LogP contribution in [0.15, 0.2) is 34.4 Å². The summed E-state index contributed by atoms with van der Waals surface area (Å²) in [5.74, 6) is 1.48. The van der Waals surface area contributed by atoms with Crippen molar-refractivity contribution in [2.24, 2.45) is 21.7 Å². The molecule has 0 bridgehead atoms. The number of hydrazone groups is 1. The molecule has 2 aliphatic rings. The first-order chi connectivity index (χ1) is 9.20. The molecule has 5 heteroatoms. The fourth-order valence-corrected chi connectivity index (χ4v) is 2.27. The second-order valence-corrected chi connectivity index (χ2v) is 4.71. The zero-order valence-electron chi connectivity index (χ0n) is 11.0. The monoisotopic (exact) mass is 256 g/mol. The van der Waals surface area contributed by atoms with E-state index >= 15 is 0 Å². The predicted octanol–water partition coefficient (Wildman–Crippen LogP) is 2.32. The van der Waals surface area contributed by atoms with Crippen molar-refractivity contribution in [3.05, 3.63) is 29.8 Å². The van der Waals surface area contributed by atoms with Crippen LogP contribution in [-0.4, -0.2) is 24.3 Å². The number of para-hydroxylation sites is 1. The summed E-state index contributed by atoms with van der Waals surface area (Å²) in [7, 11) is 1.63. The van der Waals surface area contributed by atoms with Crippen LogP contribution in [0.4, 0.5) is 5.69 Å². The molecule has 1 atom stereocenters. The summed E-state index contributed by atoms with van der Waals surface area (Å²) in [6.07, 6.45) is 4.98. The minimum absolute atomic E-state index is 0.369. The molecule has 0 radical (unpaired) electrons. The summed E-state index contributed by atoms with van der Waals surface area (Å²) in [6.45, 7) is 2.12. The highest BCUT2D eigenvalue weighted by molar-refractivity contribution is 5.98. The van der Waals surface area contributed by atoms with Crippen LogP contribution < -0.4 is 10.5 Å². The van der Waals surface area contributed by atoms with E-state index in [1.807, 2.05) is 24.4 Å². The average molecular weight is 256 g/mol. The molecule has 0 fully saturated rings. The van der Waals surface area contributed by atoms with Crippen LogP contribution in [0.1, 0.15) is 18.9 Å². The lowest BCUT2D eigenvalue weighted by atomic mass is 10.0. The van der Waals surface area contributed by atoms with E-state index in [0.717, 1.165) is 29.1 Å². The SMILES string of the molecule is COc1cccc2c1N=C(N)N1N=CC(C)CC=C21. The number of hydrogen-bond acceptors (Lipinski definition) is 5. The van der Waals surface area contributed by atoms with Gasteiger partial charge >= 0.3 is 0 Å². The van der Waals surface area contributed by atoms with Gasteiger partial charge in [-0.15, -0.1) is 0 Å². The second-order valence-electron chi connectivity index (χ2n) is 4.71. The summed E-state index contributed by atoms with van der Waals surface area (Å²) >= 11 is 0. The quantitative estimate of drug-likeness (QED) is 0.838. The lowest BCUT2D eigenvalue weighted by Crippen LogP contribution is -2.33. The molecular formula is C14H16N4O. The molecule has 2 heterocycles. The fraction of sp³-hybridized carbons (Fsp3) is 0.286. The molecule has 0 aliphatic carbocycles. The van der Waals surface area contributed by atoms with E-state index in [-0.39, 0.29) is 0 Å². The van der Waals surface area contributed by atoms with Crippen molar-refractivity contribution < 1.29 is 4.74 Å². The molecule has 5 nitrogen and oxygen atoms in total. The predicted molar refractivity (Wildman–Crippen MR) is 76.4 cm³/mol. The van der Waals surface area contributed by atoms with Gasteiger partial charge in [-0.2, -0.15) is 5.10 Å². The number of aliphatic imine (C=N–C) groups is 1. The zero-order chi connectivity index (χ0) is 13.4. The molecule has 0 saturated heterocycles. The van der Waals surface area contributed by atoms with E-state index in [1.165, 1.54) is 0 Å². The van der Waals surface area contributed by atoms with Gasteiger partial charge in [0.2, 0.25) is 5.96 Å². The number of fused-ring (bicyclic) bond motifs is 3. The molecule has 1 unspecified atom stereocenters. The Morgan fingerprint density at radius 1 is 1.42 bits per heavy atom. The Morgan fingerprint density at radius 3 is 3.05 bits per heavy atom. The van der Waals surface area contributed by atoms with Crippen LogP contribution in [0.3, 0.4) is 0 Å². The molecule has 1 aromatic carbocycles. The van der Waals surface area contributed by atoms with Crippen molar-refractivity contribution in [1.29, 1.82) is 0 Å². The number of rotatable bonds is 1. The van der Waals surface area contributed by atoms with Crippen LogP contribution in [0.25, 0.3) is 5.70 Å². The lowest BCUT2D eigenvalue weighted by molar-refractivity contribution is 0.415. The van der Waals surface area contributed by atoms with Crippen molar-refractivity contribution in [2.75, 3.05) is 7.11 Å². The number of ether oxygens (including phenoxy) is 1. The Kier molecular flexibility index (Phi) is 2.74. The van der Waals surface area contributed by atoms with E-state index in [0.29, 0.717) is 11.9 Å². The van der Waals surface area contributed by atoms with Gasteiger partial charge < -0.3 is 10.5 Å². The lowest BCUT2D eigenvalue weighted by Gasteiger charge is -2.26. The molecule has 19 heavy (non-hydrogen) atoms. The first kappa shape index (κ1) is 11.8. The van der Waals surface area contributed by atoms with E-state index in [9.17, 15) is 0 Å². The van der Waals surface area contributed by atoms with E-state index < -0.39 is 0 Å². The molecule has 98 valence electrons. The smallest absolute Gasteiger partial charge is 0.222 e. The first-order valence-electron chi connectivity index (χ1n) is 6.26. The van der Waals surface area contributed by atoms with Crippen LogP contribution in [-0.2, 0) is 0 Å². The molecule has 2 aliphatic heterocycles. The zero-order valence-corrected chi connectivity index (χ0v) is 11.0. The number of guanidine groups is 1. The van der Waals surface area contributed by atoms with Crippen LogP contribution in [0.2, 0.25) is 0 Å². The number of benzene rings is 1. The number of allylic oxidation sites excluding steroid dienone is 1. The molecule has 0 spiro atoms. The van der Waals surface area contributed by atoms with Gasteiger partial charge in [0.25, 0.3) is 0 Å². The van der Waals surface area contributed by atoms with Gasteiger partial charge in [0, 0.05) is 11.8 Å². The largest absolute Gasteiger partial charge is 0.494 e. The standard InChI is InChI=1S/C14H16N4O/c1-9-6-7-11-10-4-3-5-12(19-2)13(10)17-14(15)18(11)16-8-9/h3-5,7-9H,6H2,1-2H3,(H2,15,17). The molecule has 0 aromatic heterocycles. The highest BCUT2D eigenvalue weighted by Gasteiger charge is 2.26. The molecular weight excluding hydrogens is 240 g/mol. The normalized spacial score (nSPS) is 20.9. The highest BCUT2D eigenvalue weighted by atomic mass is 16.5. The summed E-state index contributed by atoms with van der Waals surface area (Å²) < 4.78 is 5.35. The summed E-state index contributed by atoms with van der Waals surface area (Å²) in [5.41, 5.74) is 8.76. The van der Waals surface area contributed by atoms with Gasteiger partial charge in [-0.05, 0) is 18.4 Å². The van der Waals surface area contributed by atoms with E-state index in [2.05, 4.69) is 23.1 Å². The minimum atomic E-state index is 0.369. The maximum atomic E-state index is 6.01. The molecule has 0 amide bonds. The maximum Gasteiger partial charge on any atom is 0.222 e. The minimum Gasteiger partial charge on any atom is -0.494 e. The Bertz CT molecular complexity index is 603. The van der Waals surface area contributed by atoms with E-state index in [1.54, 1.807) is 12.1 Å². The van der Waals surface area contributed by atoms with Gasteiger partial charge in [0.05, 0.1) is 12.8 Å². The van der Waals surface area contributed by atoms with Crippen LogP contribution >= 0.6 is 0 Å². The number of nitrogens with zero attached hydrogens (tertiary/aromatic N) is 3.